The van der Waals surface area contributed by atoms with Crippen LogP contribution in [-0.2, 0) is 14.8 Å². The molecule has 1 saturated heterocycles. The van der Waals surface area contributed by atoms with Crippen LogP contribution in [0.2, 0.25) is 0 Å². The Balaban J connectivity index is 2.04. The van der Waals surface area contributed by atoms with Gasteiger partial charge in [-0.05, 0) is 32.6 Å². The second-order valence-corrected chi connectivity index (χ2v) is 7.33. The third kappa shape index (κ3) is 3.03. The summed E-state index contributed by atoms with van der Waals surface area (Å²) in [5.74, 6) is -0.0413. The molecule has 2 rings (SSSR count). The van der Waals surface area contributed by atoms with E-state index in [4.69, 9.17) is 0 Å². The molecule has 1 heterocycles. The molecule has 0 radical (unpaired) electrons. The van der Waals surface area contributed by atoms with E-state index in [2.05, 4.69) is 5.32 Å². The van der Waals surface area contributed by atoms with E-state index in [1.54, 1.807) is 4.31 Å². The third-order valence-electron chi connectivity index (χ3n) is 3.64. The van der Waals surface area contributed by atoms with Gasteiger partial charge < -0.3 is 5.32 Å². The monoisotopic (exact) mass is 274 g/mol. The van der Waals surface area contributed by atoms with Crippen LogP contribution in [0.5, 0.6) is 0 Å². The average Bonchev–Trinajstić information content (AvgIpc) is 3.13. The Labute approximate surface area is 109 Å². The number of rotatable bonds is 5. The van der Waals surface area contributed by atoms with E-state index in [1.165, 1.54) is 0 Å². The molecule has 5 nitrogen and oxygen atoms in total. The molecule has 0 aromatic rings. The van der Waals surface area contributed by atoms with Gasteiger partial charge in [0.25, 0.3) is 0 Å². The van der Waals surface area contributed by atoms with E-state index >= 15 is 0 Å². The Morgan fingerprint density at radius 3 is 2.61 bits per heavy atom. The van der Waals surface area contributed by atoms with Gasteiger partial charge in [-0.1, -0.05) is 6.42 Å². The predicted molar refractivity (Wildman–Crippen MR) is 69.6 cm³/mol. The van der Waals surface area contributed by atoms with Crippen LogP contribution < -0.4 is 5.32 Å². The molecule has 1 aliphatic carbocycles. The Hall–Kier alpha value is -0.620. The van der Waals surface area contributed by atoms with Crippen molar-refractivity contribution in [1.29, 1.82) is 0 Å². The highest BCUT2D eigenvalue weighted by Gasteiger charge is 2.43. The molecule has 1 amide bonds. The highest BCUT2D eigenvalue weighted by atomic mass is 32.2. The standard InChI is InChI=1S/C12H22N2O3S/c1-2-13-12(15)9-10-5-3-4-8-14(10)18(16,17)11-6-7-11/h10-11H,2-9H2,1H3,(H,13,15). The summed E-state index contributed by atoms with van der Waals surface area (Å²) in [5, 5.41) is 2.58. The molecule has 2 aliphatic rings. The molecular formula is C12H22N2O3S. The summed E-state index contributed by atoms with van der Waals surface area (Å²) >= 11 is 0. The van der Waals surface area contributed by atoms with E-state index in [9.17, 15) is 13.2 Å². The van der Waals surface area contributed by atoms with Crippen molar-refractivity contribution in [3.8, 4) is 0 Å². The number of carbonyl (C=O) groups is 1. The summed E-state index contributed by atoms with van der Waals surface area (Å²) < 4.78 is 26.2. The van der Waals surface area contributed by atoms with Crippen molar-refractivity contribution in [1.82, 2.24) is 9.62 Å². The van der Waals surface area contributed by atoms with Gasteiger partial charge >= 0.3 is 0 Å². The molecule has 18 heavy (non-hydrogen) atoms. The molecule has 6 heteroatoms. The fraction of sp³-hybridized carbons (Fsp3) is 0.917. The van der Waals surface area contributed by atoms with Gasteiger partial charge in [-0.2, -0.15) is 4.31 Å². The fourth-order valence-corrected chi connectivity index (χ4v) is 4.65. The van der Waals surface area contributed by atoms with E-state index in [0.29, 0.717) is 19.5 Å². The summed E-state index contributed by atoms with van der Waals surface area (Å²) in [5.41, 5.74) is 0. The number of sulfonamides is 1. The fourth-order valence-electron chi connectivity index (χ4n) is 2.55. The molecule has 1 aliphatic heterocycles. The first-order chi connectivity index (χ1) is 8.55. The van der Waals surface area contributed by atoms with Crippen LogP contribution in [0.15, 0.2) is 0 Å². The van der Waals surface area contributed by atoms with Crippen molar-refractivity contribution >= 4 is 15.9 Å². The number of hydrogen-bond donors (Lipinski definition) is 1. The lowest BCUT2D eigenvalue weighted by Gasteiger charge is -2.34. The molecule has 0 spiro atoms. The average molecular weight is 274 g/mol. The minimum Gasteiger partial charge on any atom is -0.356 e. The largest absolute Gasteiger partial charge is 0.356 e. The lowest BCUT2D eigenvalue weighted by Crippen LogP contribution is -2.47. The second-order valence-electron chi connectivity index (χ2n) is 5.16. The van der Waals surface area contributed by atoms with E-state index in [-0.39, 0.29) is 17.2 Å². The summed E-state index contributed by atoms with van der Waals surface area (Å²) in [6, 6.07) is -0.129. The van der Waals surface area contributed by atoms with Crippen molar-refractivity contribution in [3.05, 3.63) is 0 Å². The Morgan fingerprint density at radius 2 is 2.00 bits per heavy atom. The maximum absolute atomic E-state index is 12.3. The zero-order valence-corrected chi connectivity index (χ0v) is 11.7. The number of nitrogens with one attached hydrogen (secondary N) is 1. The molecule has 1 unspecified atom stereocenters. The van der Waals surface area contributed by atoms with Gasteiger partial charge in [0.2, 0.25) is 15.9 Å². The van der Waals surface area contributed by atoms with Crippen LogP contribution >= 0.6 is 0 Å². The van der Waals surface area contributed by atoms with Crippen LogP contribution in [-0.4, -0.2) is 43.0 Å². The summed E-state index contributed by atoms with van der Waals surface area (Å²) in [6.07, 6.45) is 4.61. The first-order valence-electron chi connectivity index (χ1n) is 6.83. The molecule has 2 fully saturated rings. The van der Waals surface area contributed by atoms with Crippen LogP contribution in [0.25, 0.3) is 0 Å². The number of hydrogen-bond acceptors (Lipinski definition) is 3. The minimum atomic E-state index is -3.15. The Bertz CT molecular complexity index is 404. The lowest BCUT2D eigenvalue weighted by atomic mass is 10.0. The van der Waals surface area contributed by atoms with Crippen molar-refractivity contribution < 1.29 is 13.2 Å². The van der Waals surface area contributed by atoms with Gasteiger partial charge in [0.15, 0.2) is 0 Å². The molecule has 1 saturated carbocycles. The van der Waals surface area contributed by atoms with Crippen LogP contribution in [0.4, 0.5) is 0 Å². The van der Waals surface area contributed by atoms with Crippen molar-refractivity contribution in [3.63, 3.8) is 0 Å². The zero-order valence-electron chi connectivity index (χ0n) is 10.9. The molecule has 104 valence electrons. The molecule has 1 atom stereocenters. The SMILES string of the molecule is CCNC(=O)CC1CCCCN1S(=O)(=O)C1CC1. The van der Waals surface area contributed by atoms with Crippen LogP contribution in [0.3, 0.4) is 0 Å². The summed E-state index contributed by atoms with van der Waals surface area (Å²) in [4.78, 5) is 11.6. The first kappa shape index (κ1) is 13.8. The van der Waals surface area contributed by atoms with Gasteiger partial charge in [0.05, 0.1) is 5.25 Å². The number of amides is 1. The van der Waals surface area contributed by atoms with Crippen molar-refractivity contribution in [2.75, 3.05) is 13.1 Å². The van der Waals surface area contributed by atoms with Gasteiger partial charge in [0.1, 0.15) is 0 Å². The van der Waals surface area contributed by atoms with Crippen LogP contribution in [0, 0.1) is 0 Å². The van der Waals surface area contributed by atoms with Gasteiger partial charge in [-0.3, -0.25) is 4.79 Å². The Kier molecular flexibility index (Phi) is 4.27. The molecule has 0 bridgehead atoms. The topological polar surface area (TPSA) is 66.5 Å². The highest BCUT2D eigenvalue weighted by Crippen LogP contribution is 2.34. The van der Waals surface area contributed by atoms with Crippen molar-refractivity contribution in [2.24, 2.45) is 0 Å². The predicted octanol–water partition coefficient (Wildman–Crippen LogP) is 0.859. The molecular weight excluding hydrogens is 252 g/mol. The van der Waals surface area contributed by atoms with E-state index < -0.39 is 10.0 Å². The van der Waals surface area contributed by atoms with Gasteiger partial charge in [-0.25, -0.2) is 8.42 Å². The Morgan fingerprint density at radius 1 is 1.28 bits per heavy atom. The number of piperidine rings is 1. The molecule has 1 N–H and O–H groups in total. The smallest absolute Gasteiger partial charge is 0.221 e. The normalized spacial score (nSPS) is 25.9. The lowest BCUT2D eigenvalue weighted by molar-refractivity contribution is -0.122. The maximum Gasteiger partial charge on any atom is 0.221 e. The first-order valence-corrected chi connectivity index (χ1v) is 8.33. The molecule has 0 aromatic heterocycles. The quantitative estimate of drug-likeness (QED) is 0.808. The molecule has 0 aromatic carbocycles. The number of nitrogens with zero attached hydrogens (tertiary/aromatic N) is 1. The summed E-state index contributed by atoms with van der Waals surface area (Å²) in [7, 11) is -3.15. The van der Waals surface area contributed by atoms with E-state index in [0.717, 1.165) is 32.1 Å². The van der Waals surface area contributed by atoms with Gasteiger partial charge in [0, 0.05) is 25.6 Å². The van der Waals surface area contributed by atoms with Gasteiger partial charge in [-0.15, -0.1) is 0 Å². The van der Waals surface area contributed by atoms with Crippen molar-refractivity contribution in [2.45, 2.75) is 56.7 Å². The van der Waals surface area contributed by atoms with E-state index in [1.807, 2.05) is 6.92 Å². The highest BCUT2D eigenvalue weighted by molar-refractivity contribution is 7.90. The van der Waals surface area contributed by atoms with Crippen LogP contribution in [0.1, 0.15) is 45.4 Å². The zero-order chi connectivity index (χ0) is 13.2. The summed E-state index contributed by atoms with van der Waals surface area (Å²) in [6.45, 7) is 3.06. The maximum atomic E-state index is 12.3. The second kappa shape index (κ2) is 5.57. The minimum absolute atomic E-state index is 0.0413. The third-order valence-corrected chi connectivity index (χ3v) is 6.09. The number of carbonyl (C=O) groups excluding carboxylic acids is 1.